The number of methoxy groups -OCH3 is 1. The van der Waals surface area contributed by atoms with Crippen LogP contribution in [0.3, 0.4) is 0 Å². The third kappa shape index (κ3) is 5.28. The molecule has 10 nitrogen and oxygen atoms in total. The Balaban J connectivity index is 1.35. The molecule has 2 aromatic carbocycles. The van der Waals surface area contributed by atoms with Crippen LogP contribution in [0.5, 0.6) is 0 Å². The van der Waals surface area contributed by atoms with E-state index in [0.29, 0.717) is 50.2 Å². The largest absolute Gasteiger partial charge is 0.385 e. The summed E-state index contributed by atoms with van der Waals surface area (Å²) in [6.07, 6.45) is 2.05. The minimum absolute atomic E-state index is 0.0261. The lowest BCUT2D eigenvalue weighted by molar-refractivity contribution is -0.123. The van der Waals surface area contributed by atoms with Crippen LogP contribution in [0.1, 0.15) is 47.8 Å². The Hall–Kier alpha value is -3.19. The fraction of sp³-hybridized carbons (Fsp3) is 0.429. The zero-order valence-corrected chi connectivity index (χ0v) is 24.4. The molecule has 1 aromatic heterocycles. The van der Waals surface area contributed by atoms with Gasteiger partial charge in [0.15, 0.2) is 9.34 Å². The summed E-state index contributed by atoms with van der Waals surface area (Å²) in [7, 11) is -2.24. The molecule has 0 aliphatic carbocycles. The SMILES string of the molecule is COCCCN1C(=O)c2cccc3c(CC(=O)C4CCCN(S(=O)(=O)c5sc(NC(C)=O)nc5C)C4)ccc1c23. The summed E-state index contributed by atoms with van der Waals surface area (Å²) in [4.78, 5) is 44.0. The van der Waals surface area contributed by atoms with Crippen LogP contribution < -0.4 is 10.2 Å². The van der Waals surface area contributed by atoms with Crippen molar-refractivity contribution < 1.29 is 27.5 Å². The summed E-state index contributed by atoms with van der Waals surface area (Å²) in [5.41, 5.74) is 2.63. The van der Waals surface area contributed by atoms with Gasteiger partial charge in [-0.3, -0.25) is 14.4 Å². The summed E-state index contributed by atoms with van der Waals surface area (Å²) in [6.45, 7) is 4.46. The predicted octanol–water partition coefficient (Wildman–Crippen LogP) is 3.77. The van der Waals surface area contributed by atoms with Gasteiger partial charge in [-0.15, -0.1) is 0 Å². The second kappa shape index (κ2) is 11.4. The number of amides is 2. The molecular formula is C28H32N4O6S2. The van der Waals surface area contributed by atoms with Gasteiger partial charge in [-0.05, 0) is 49.3 Å². The Morgan fingerprint density at radius 3 is 2.77 bits per heavy atom. The second-order valence-electron chi connectivity index (χ2n) is 10.2. The molecule has 2 amide bonds. The molecule has 2 aliphatic heterocycles. The summed E-state index contributed by atoms with van der Waals surface area (Å²) in [5.74, 6) is -0.843. The van der Waals surface area contributed by atoms with Crippen LogP contribution >= 0.6 is 11.3 Å². The molecule has 2 aliphatic rings. The average Bonchev–Trinajstić information content (AvgIpc) is 3.43. The van der Waals surface area contributed by atoms with Crippen molar-refractivity contribution in [3.05, 3.63) is 47.2 Å². The Morgan fingerprint density at radius 2 is 2.02 bits per heavy atom. The normalized spacial score (nSPS) is 17.5. The highest BCUT2D eigenvalue weighted by molar-refractivity contribution is 7.91. The van der Waals surface area contributed by atoms with E-state index in [1.807, 2.05) is 30.3 Å². The number of hydrogen-bond acceptors (Lipinski definition) is 8. The maximum absolute atomic E-state index is 13.5. The van der Waals surface area contributed by atoms with Crippen LogP contribution in [0.25, 0.3) is 10.8 Å². The van der Waals surface area contributed by atoms with E-state index in [1.54, 1.807) is 18.9 Å². The van der Waals surface area contributed by atoms with E-state index in [4.69, 9.17) is 4.74 Å². The number of ketones is 1. The van der Waals surface area contributed by atoms with Crippen molar-refractivity contribution in [1.82, 2.24) is 9.29 Å². The lowest BCUT2D eigenvalue weighted by Crippen LogP contribution is -2.42. The number of aryl methyl sites for hydroxylation is 1. The number of sulfonamides is 1. The van der Waals surface area contributed by atoms with Crippen molar-refractivity contribution in [2.45, 2.75) is 43.7 Å². The van der Waals surface area contributed by atoms with Gasteiger partial charge in [0.05, 0.1) is 11.4 Å². The number of nitrogens with one attached hydrogen (secondary N) is 1. The minimum Gasteiger partial charge on any atom is -0.385 e. The van der Waals surface area contributed by atoms with E-state index in [9.17, 15) is 22.8 Å². The number of anilines is 2. The molecule has 1 N–H and O–H groups in total. The molecule has 0 spiro atoms. The van der Waals surface area contributed by atoms with Crippen LogP contribution in [0.2, 0.25) is 0 Å². The number of thiazole rings is 1. The summed E-state index contributed by atoms with van der Waals surface area (Å²) in [6, 6.07) is 9.41. The van der Waals surface area contributed by atoms with Gasteiger partial charge in [-0.1, -0.05) is 29.5 Å². The highest BCUT2D eigenvalue weighted by Crippen LogP contribution is 2.39. The zero-order chi connectivity index (χ0) is 28.6. The Labute approximate surface area is 237 Å². The molecule has 3 heterocycles. The number of aromatic nitrogens is 1. The van der Waals surface area contributed by atoms with Crippen molar-refractivity contribution in [2.75, 3.05) is 43.6 Å². The maximum Gasteiger partial charge on any atom is 0.258 e. The van der Waals surface area contributed by atoms with Crippen LogP contribution in [0.4, 0.5) is 10.8 Å². The first-order valence-electron chi connectivity index (χ1n) is 13.2. The minimum atomic E-state index is -3.87. The van der Waals surface area contributed by atoms with Gasteiger partial charge < -0.3 is 15.0 Å². The molecule has 5 rings (SSSR count). The number of ether oxygens (including phenoxy) is 1. The van der Waals surface area contributed by atoms with Crippen molar-refractivity contribution in [3.8, 4) is 0 Å². The molecular weight excluding hydrogens is 552 g/mol. The van der Waals surface area contributed by atoms with Gasteiger partial charge in [0.2, 0.25) is 5.91 Å². The number of piperidine rings is 1. The molecule has 0 bridgehead atoms. The molecule has 40 heavy (non-hydrogen) atoms. The summed E-state index contributed by atoms with van der Waals surface area (Å²) >= 11 is 0.921. The lowest BCUT2D eigenvalue weighted by Gasteiger charge is -2.31. The molecule has 1 saturated heterocycles. The molecule has 1 unspecified atom stereocenters. The number of hydrogen-bond donors (Lipinski definition) is 1. The summed E-state index contributed by atoms with van der Waals surface area (Å²) < 4.78 is 33.5. The molecule has 3 aromatic rings. The molecule has 0 saturated carbocycles. The van der Waals surface area contributed by atoms with Gasteiger partial charge in [0.1, 0.15) is 5.78 Å². The number of carbonyl (C=O) groups excluding carboxylic acids is 3. The van der Waals surface area contributed by atoms with E-state index < -0.39 is 15.9 Å². The van der Waals surface area contributed by atoms with Crippen LogP contribution in [0.15, 0.2) is 34.5 Å². The van der Waals surface area contributed by atoms with Crippen molar-refractivity contribution in [1.29, 1.82) is 0 Å². The van der Waals surface area contributed by atoms with E-state index in [1.165, 1.54) is 11.2 Å². The third-order valence-corrected chi connectivity index (χ3v) is 10.9. The van der Waals surface area contributed by atoms with Gasteiger partial charge >= 0.3 is 0 Å². The highest BCUT2D eigenvalue weighted by atomic mass is 32.2. The smallest absolute Gasteiger partial charge is 0.258 e. The van der Waals surface area contributed by atoms with Crippen LogP contribution in [-0.2, 0) is 30.8 Å². The first kappa shape index (κ1) is 28.3. The monoisotopic (exact) mass is 584 g/mol. The fourth-order valence-corrected chi connectivity index (χ4v) is 8.67. The Bertz CT molecular complexity index is 1600. The number of Topliss-reactive ketones (excluding diaryl/α,β-unsaturated/α-hetero) is 1. The number of benzene rings is 2. The zero-order valence-electron chi connectivity index (χ0n) is 22.7. The predicted molar refractivity (Wildman–Crippen MR) is 153 cm³/mol. The van der Waals surface area contributed by atoms with Crippen molar-refractivity contribution in [3.63, 3.8) is 0 Å². The van der Waals surface area contributed by atoms with E-state index in [0.717, 1.165) is 33.4 Å². The van der Waals surface area contributed by atoms with Gasteiger partial charge in [0, 0.05) is 63.6 Å². The number of rotatable bonds is 10. The van der Waals surface area contributed by atoms with Crippen molar-refractivity contribution >= 4 is 60.5 Å². The summed E-state index contributed by atoms with van der Waals surface area (Å²) in [5, 5.41) is 4.51. The van der Waals surface area contributed by atoms with Gasteiger partial charge in [-0.25, -0.2) is 13.4 Å². The first-order valence-corrected chi connectivity index (χ1v) is 15.5. The van der Waals surface area contributed by atoms with Crippen LogP contribution in [0, 0.1) is 12.8 Å². The lowest BCUT2D eigenvalue weighted by atomic mass is 9.89. The topological polar surface area (TPSA) is 126 Å². The molecule has 1 atom stereocenters. The van der Waals surface area contributed by atoms with Gasteiger partial charge in [-0.2, -0.15) is 4.31 Å². The second-order valence-corrected chi connectivity index (χ2v) is 13.3. The van der Waals surface area contributed by atoms with E-state index >= 15 is 0 Å². The van der Waals surface area contributed by atoms with Gasteiger partial charge in [0.25, 0.3) is 15.9 Å². The highest BCUT2D eigenvalue weighted by Gasteiger charge is 2.36. The average molecular weight is 585 g/mol. The number of carbonyl (C=O) groups is 3. The molecule has 0 radical (unpaired) electrons. The standard InChI is InChI=1S/C28H32N4O6S2/c1-17-27(39-28(29-17)30-18(2)33)40(36,37)31-12-5-7-20(16-31)24(34)15-19-10-11-23-25-21(19)8-4-9-22(25)26(35)32(23)13-6-14-38-3/h4,8-11,20H,5-7,12-16H2,1-3H3,(H,29,30,33). The fourth-order valence-electron chi connectivity index (χ4n) is 5.55. The van der Waals surface area contributed by atoms with Crippen LogP contribution in [-0.4, -0.2) is 68.7 Å². The maximum atomic E-state index is 13.5. The Morgan fingerprint density at radius 1 is 1.23 bits per heavy atom. The first-order chi connectivity index (χ1) is 19.1. The molecule has 212 valence electrons. The quantitative estimate of drug-likeness (QED) is 0.360. The van der Waals surface area contributed by atoms with E-state index in [-0.39, 0.29) is 39.9 Å². The van der Waals surface area contributed by atoms with Crippen molar-refractivity contribution in [2.24, 2.45) is 5.92 Å². The van der Waals surface area contributed by atoms with E-state index in [2.05, 4.69) is 10.3 Å². The molecule has 1 fully saturated rings. The number of nitrogens with zero attached hydrogens (tertiary/aromatic N) is 3. The Kier molecular flexibility index (Phi) is 8.05. The molecule has 12 heteroatoms. The third-order valence-electron chi connectivity index (χ3n) is 7.42.